The second-order valence-corrected chi connectivity index (χ2v) is 6.31. The molecule has 0 unspecified atom stereocenters. The fourth-order valence-electron chi connectivity index (χ4n) is 1.67. The van der Waals surface area contributed by atoms with Crippen LogP contribution in [0.2, 0.25) is 5.02 Å². The summed E-state index contributed by atoms with van der Waals surface area (Å²) in [5.41, 5.74) is 0.487. The highest BCUT2D eigenvalue weighted by atomic mass is 35.5. The molecule has 1 aromatic carbocycles. The third-order valence-corrected chi connectivity index (χ3v) is 4.56. The molecule has 2 aromatic rings. The summed E-state index contributed by atoms with van der Waals surface area (Å²) < 4.78 is 31.7. The van der Waals surface area contributed by atoms with Crippen LogP contribution in [-0.4, -0.2) is 20.1 Å². The van der Waals surface area contributed by atoms with Crippen LogP contribution in [0.5, 0.6) is 0 Å². The van der Waals surface area contributed by atoms with Crippen LogP contribution in [0.1, 0.15) is 11.3 Å². The van der Waals surface area contributed by atoms with E-state index in [-0.39, 0.29) is 23.1 Å². The lowest BCUT2D eigenvalue weighted by Gasteiger charge is -2.08. The van der Waals surface area contributed by atoms with Gasteiger partial charge in [-0.25, -0.2) is 13.1 Å². The number of aliphatic hydroxyl groups excluding tert-OH is 1. The third kappa shape index (κ3) is 3.61. The molecule has 0 spiro atoms. The maximum atomic E-state index is 12.0. The van der Waals surface area contributed by atoms with E-state index in [0.29, 0.717) is 17.7 Å². The minimum Gasteiger partial charge on any atom is -0.469 e. The molecule has 1 aromatic heterocycles. The van der Waals surface area contributed by atoms with Crippen LogP contribution >= 0.6 is 11.6 Å². The van der Waals surface area contributed by atoms with Crippen LogP contribution in [0.15, 0.2) is 45.9 Å². The van der Waals surface area contributed by atoms with Crippen molar-refractivity contribution in [2.75, 3.05) is 6.54 Å². The second-order valence-electron chi connectivity index (χ2n) is 4.14. The first-order valence-corrected chi connectivity index (χ1v) is 7.80. The second kappa shape index (κ2) is 6.41. The fourth-order valence-corrected chi connectivity index (χ4v) is 3.03. The van der Waals surface area contributed by atoms with Crippen LogP contribution in [0.25, 0.3) is 0 Å². The number of furan rings is 1. The molecule has 0 fully saturated rings. The molecule has 0 saturated carbocycles. The Morgan fingerprint density at radius 1 is 1.30 bits per heavy atom. The smallest absolute Gasteiger partial charge is 0.240 e. The van der Waals surface area contributed by atoms with Crippen LogP contribution in [0.4, 0.5) is 0 Å². The molecule has 0 bridgehead atoms. The highest BCUT2D eigenvalue weighted by molar-refractivity contribution is 7.89. The van der Waals surface area contributed by atoms with Crippen LogP contribution in [0, 0.1) is 0 Å². The van der Waals surface area contributed by atoms with Crippen molar-refractivity contribution in [3.8, 4) is 0 Å². The molecule has 0 radical (unpaired) electrons. The first-order valence-electron chi connectivity index (χ1n) is 5.94. The Bertz CT molecular complexity index is 668. The molecule has 7 heteroatoms. The van der Waals surface area contributed by atoms with Gasteiger partial charge in [0.25, 0.3) is 0 Å². The maximum Gasteiger partial charge on any atom is 0.240 e. The minimum absolute atomic E-state index is 0.0687. The minimum atomic E-state index is -3.62. The van der Waals surface area contributed by atoms with Gasteiger partial charge in [-0.15, -0.1) is 0 Å². The number of benzene rings is 1. The van der Waals surface area contributed by atoms with Crippen LogP contribution < -0.4 is 4.72 Å². The zero-order valence-electron chi connectivity index (χ0n) is 10.5. The SMILES string of the molecule is O=S(=O)(NCCc1ccco1)c1ccc(CO)c(Cl)c1. The Labute approximate surface area is 122 Å². The molecule has 1 heterocycles. The van der Waals surface area contributed by atoms with Crippen molar-refractivity contribution in [3.63, 3.8) is 0 Å². The number of aliphatic hydroxyl groups is 1. The van der Waals surface area contributed by atoms with Crippen molar-refractivity contribution in [1.82, 2.24) is 4.72 Å². The Hall–Kier alpha value is -1.34. The van der Waals surface area contributed by atoms with Gasteiger partial charge in [-0.1, -0.05) is 17.7 Å². The summed E-state index contributed by atoms with van der Waals surface area (Å²) in [6.45, 7) is 0.000298. The number of sulfonamides is 1. The molecule has 108 valence electrons. The number of hydrogen-bond acceptors (Lipinski definition) is 4. The average Bonchev–Trinajstić information content (AvgIpc) is 2.91. The van der Waals surface area contributed by atoms with Crippen molar-refractivity contribution in [3.05, 3.63) is 52.9 Å². The molecule has 2 N–H and O–H groups in total. The Morgan fingerprint density at radius 2 is 2.10 bits per heavy atom. The van der Waals surface area contributed by atoms with Crippen molar-refractivity contribution in [2.24, 2.45) is 0 Å². The molecule has 5 nitrogen and oxygen atoms in total. The van der Waals surface area contributed by atoms with Crippen molar-refractivity contribution in [2.45, 2.75) is 17.9 Å². The summed E-state index contributed by atoms with van der Waals surface area (Å²) in [5.74, 6) is 0.710. The van der Waals surface area contributed by atoms with Gasteiger partial charge in [0, 0.05) is 18.0 Å². The summed E-state index contributed by atoms with van der Waals surface area (Å²) >= 11 is 5.88. The lowest BCUT2D eigenvalue weighted by atomic mass is 10.2. The zero-order chi connectivity index (χ0) is 14.6. The summed E-state index contributed by atoms with van der Waals surface area (Å²) in [6.07, 6.45) is 2.01. The van der Waals surface area contributed by atoms with Crippen LogP contribution in [0.3, 0.4) is 0 Å². The molecule has 2 rings (SSSR count). The van der Waals surface area contributed by atoms with Gasteiger partial charge in [0.05, 0.1) is 17.8 Å². The van der Waals surface area contributed by atoms with Gasteiger partial charge in [-0.3, -0.25) is 0 Å². The van der Waals surface area contributed by atoms with E-state index in [4.69, 9.17) is 21.1 Å². The maximum absolute atomic E-state index is 12.0. The van der Waals surface area contributed by atoms with E-state index in [0.717, 1.165) is 0 Å². The van der Waals surface area contributed by atoms with Gasteiger partial charge < -0.3 is 9.52 Å². The van der Waals surface area contributed by atoms with Gasteiger partial charge in [0.15, 0.2) is 0 Å². The number of halogens is 1. The first kappa shape index (κ1) is 15.1. The van der Waals surface area contributed by atoms with E-state index >= 15 is 0 Å². The quantitative estimate of drug-likeness (QED) is 0.854. The molecule has 0 aliphatic heterocycles. The highest BCUT2D eigenvalue weighted by Crippen LogP contribution is 2.20. The van der Waals surface area contributed by atoms with Gasteiger partial charge in [-0.05, 0) is 29.8 Å². The Balaban J connectivity index is 2.04. The van der Waals surface area contributed by atoms with Gasteiger partial charge >= 0.3 is 0 Å². The topological polar surface area (TPSA) is 79.5 Å². The number of nitrogens with one attached hydrogen (secondary N) is 1. The predicted octanol–water partition coefficient (Wildman–Crippen LogP) is 1.95. The van der Waals surface area contributed by atoms with E-state index in [1.165, 1.54) is 24.5 Å². The lowest BCUT2D eigenvalue weighted by Crippen LogP contribution is -2.26. The first-order chi connectivity index (χ1) is 9.53. The monoisotopic (exact) mass is 315 g/mol. The lowest BCUT2D eigenvalue weighted by molar-refractivity contribution is 0.282. The van der Waals surface area contributed by atoms with Crippen molar-refractivity contribution < 1.29 is 17.9 Å². The number of hydrogen-bond donors (Lipinski definition) is 2. The van der Waals surface area contributed by atoms with E-state index in [2.05, 4.69) is 4.72 Å². The van der Waals surface area contributed by atoms with E-state index in [9.17, 15) is 8.42 Å². The average molecular weight is 316 g/mol. The highest BCUT2D eigenvalue weighted by Gasteiger charge is 2.15. The molecule has 0 aliphatic rings. The summed E-state index contributed by atoms with van der Waals surface area (Å²) in [4.78, 5) is 0.0687. The molecular weight excluding hydrogens is 302 g/mol. The third-order valence-electron chi connectivity index (χ3n) is 2.75. The fraction of sp³-hybridized carbons (Fsp3) is 0.231. The van der Waals surface area contributed by atoms with E-state index in [1.54, 1.807) is 12.1 Å². The largest absolute Gasteiger partial charge is 0.469 e. The number of rotatable bonds is 6. The summed E-state index contributed by atoms with van der Waals surface area (Å²) in [6, 6.07) is 7.75. The molecule has 0 amide bonds. The van der Waals surface area contributed by atoms with Crippen LogP contribution in [-0.2, 0) is 23.1 Å². The summed E-state index contributed by atoms with van der Waals surface area (Å²) in [7, 11) is -3.62. The van der Waals surface area contributed by atoms with Crippen molar-refractivity contribution in [1.29, 1.82) is 0 Å². The van der Waals surface area contributed by atoms with Crippen molar-refractivity contribution >= 4 is 21.6 Å². The van der Waals surface area contributed by atoms with E-state index < -0.39 is 10.0 Å². The van der Waals surface area contributed by atoms with Gasteiger partial charge in [0.2, 0.25) is 10.0 Å². The predicted molar refractivity (Wildman–Crippen MR) is 75.0 cm³/mol. The molecular formula is C13H14ClNO4S. The Kier molecular flexibility index (Phi) is 4.82. The molecule has 0 saturated heterocycles. The molecule has 20 heavy (non-hydrogen) atoms. The normalized spacial score (nSPS) is 11.7. The zero-order valence-corrected chi connectivity index (χ0v) is 12.1. The van der Waals surface area contributed by atoms with Gasteiger partial charge in [-0.2, -0.15) is 0 Å². The standard InChI is InChI=1S/C13H14ClNO4S/c14-13-8-12(4-3-10(13)9-16)20(17,18)15-6-5-11-2-1-7-19-11/h1-4,7-8,15-16H,5-6,9H2. The molecule has 0 atom stereocenters. The summed E-state index contributed by atoms with van der Waals surface area (Å²) in [5, 5.41) is 9.22. The van der Waals surface area contributed by atoms with Gasteiger partial charge in [0.1, 0.15) is 5.76 Å². The molecule has 0 aliphatic carbocycles. The van der Waals surface area contributed by atoms with E-state index in [1.807, 2.05) is 0 Å². The Morgan fingerprint density at radius 3 is 2.70 bits per heavy atom.